The van der Waals surface area contributed by atoms with Gasteiger partial charge in [-0.25, -0.2) is 0 Å². The number of carboxylic acid groups (broad SMARTS) is 1. The smallest absolute Gasteiger partial charge is 0.309 e. The average Bonchev–Trinajstić information content (AvgIpc) is 2.51. The van der Waals surface area contributed by atoms with Crippen LogP contribution in [0.15, 0.2) is 60.7 Å². The van der Waals surface area contributed by atoms with E-state index < -0.39 is 5.97 Å². The monoisotopic (exact) mass is 357 g/mol. The lowest BCUT2D eigenvalue weighted by atomic mass is 9.35. The van der Waals surface area contributed by atoms with Crippen LogP contribution in [0.2, 0.25) is 0 Å². The van der Waals surface area contributed by atoms with Crippen molar-refractivity contribution in [3.63, 3.8) is 0 Å². The lowest BCUT2D eigenvalue weighted by Gasteiger charge is -2.69. The van der Waals surface area contributed by atoms with Crippen molar-refractivity contribution in [1.29, 1.82) is 0 Å². The number of aliphatic carboxylic acids is 1. The summed E-state index contributed by atoms with van der Waals surface area (Å²) in [5.74, 6) is -0.595. The zero-order chi connectivity index (χ0) is 16.6. The zero-order valence-corrected chi connectivity index (χ0v) is 15.0. The fourth-order valence-electron chi connectivity index (χ4n) is 4.72. The summed E-state index contributed by atoms with van der Waals surface area (Å²) >= 11 is 0. The maximum Gasteiger partial charge on any atom is 0.309 e. The van der Waals surface area contributed by atoms with Crippen molar-refractivity contribution in [1.82, 2.24) is 4.90 Å². The molecule has 0 heterocycles. The Bertz CT molecular complexity index is 671. The van der Waals surface area contributed by atoms with Gasteiger partial charge < -0.3 is 5.11 Å². The number of hydrogen-bond acceptors (Lipinski definition) is 2. The predicted molar refractivity (Wildman–Crippen MR) is 101 cm³/mol. The van der Waals surface area contributed by atoms with E-state index in [2.05, 4.69) is 53.4 Å². The highest BCUT2D eigenvalue weighted by Gasteiger charge is 2.71. The first kappa shape index (κ1) is 18.0. The molecule has 3 aliphatic rings. The average molecular weight is 358 g/mol. The van der Waals surface area contributed by atoms with E-state index in [1.807, 2.05) is 12.1 Å². The van der Waals surface area contributed by atoms with Crippen molar-refractivity contribution in [2.24, 2.45) is 10.8 Å². The van der Waals surface area contributed by atoms with Gasteiger partial charge in [0.1, 0.15) is 0 Å². The summed E-state index contributed by atoms with van der Waals surface area (Å²) in [4.78, 5) is 13.8. The Hall–Kier alpha value is -1.84. The van der Waals surface area contributed by atoms with Gasteiger partial charge in [0.25, 0.3) is 0 Å². The van der Waals surface area contributed by atoms with Crippen LogP contribution in [0.3, 0.4) is 0 Å². The lowest BCUT2D eigenvalue weighted by molar-refractivity contribution is -0.228. The third-order valence-electron chi connectivity index (χ3n) is 5.65. The summed E-state index contributed by atoms with van der Waals surface area (Å²) in [5, 5.41) is 9.34. The quantitative estimate of drug-likeness (QED) is 0.800. The van der Waals surface area contributed by atoms with Crippen LogP contribution >= 0.6 is 12.4 Å². The van der Waals surface area contributed by atoms with Gasteiger partial charge in [-0.15, -0.1) is 12.4 Å². The molecule has 132 valence electrons. The van der Waals surface area contributed by atoms with Crippen molar-refractivity contribution in [2.45, 2.75) is 32.4 Å². The normalized spacial score (nSPS) is 26.3. The molecule has 0 spiro atoms. The van der Waals surface area contributed by atoms with Crippen LogP contribution in [-0.2, 0) is 17.9 Å². The molecule has 0 aromatic heterocycles. The van der Waals surface area contributed by atoms with Gasteiger partial charge >= 0.3 is 5.97 Å². The number of carboxylic acids is 1. The van der Waals surface area contributed by atoms with Gasteiger partial charge in [-0.3, -0.25) is 9.69 Å². The van der Waals surface area contributed by atoms with Crippen LogP contribution in [0, 0.1) is 10.8 Å². The third kappa shape index (κ3) is 3.44. The number of halogens is 1. The molecular formula is C21H24ClNO2. The first-order valence-corrected chi connectivity index (χ1v) is 8.63. The van der Waals surface area contributed by atoms with Crippen LogP contribution in [0.25, 0.3) is 0 Å². The molecule has 25 heavy (non-hydrogen) atoms. The molecule has 0 aliphatic heterocycles. The summed E-state index contributed by atoms with van der Waals surface area (Å²) in [6.07, 6.45) is 2.57. The van der Waals surface area contributed by atoms with Gasteiger partial charge in [0.15, 0.2) is 0 Å². The minimum atomic E-state index is -0.595. The second-order valence-corrected chi connectivity index (χ2v) is 7.73. The molecule has 3 nitrogen and oxygen atoms in total. The third-order valence-corrected chi connectivity index (χ3v) is 5.65. The van der Waals surface area contributed by atoms with Crippen LogP contribution < -0.4 is 0 Å². The van der Waals surface area contributed by atoms with Gasteiger partial charge in [0.2, 0.25) is 0 Å². The Morgan fingerprint density at radius 2 is 1.32 bits per heavy atom. The van der Waals surface area contributed by atoms with Gasteiger partial charge in [-0.2, -0.15) is 0 Å². The molecule has 5 rings (SSSR count). The van der Waals surface area contributed by atoms with Crippen molar-refractivity contribution >= 4 is 18.4 Å². The summed E-state index contributed by atoms with van der Waals surface area (Å²) < 4.78 is 0. The summed E-state index contributed by atoms with van der Waals surface area (Å²) in [5.41, 5.74) is 2.48. The first-order chi connectivity index (χ1) is 11.6. The molecule has 2 aromatic carbocycles. The lowest BCUT2D eigenvalue weighted by Crippen LogP contribution is -2.68. The molecule has 0 atom stereocenters. The fourth-order valence-corrected chi connectivity index (χ4v) is 4.72. The van der Waals surface area contributed by atoms with E-state index in [-0.39, 0.29) is 23.2 Å². The Morgan fingerprint density at radius 3 is 1.72 bits per heavy atom. The molecule has 0 amide bonds. The molecule has 2 bridgehead atoms. The zero-order valence-electron chi connectivity index (χ0n) is 14.2. The number of carbonyl (C=O) groups is 1. The van der Waals surface area contributed by atoms with Crippen molar-refractivity contribution in [2.75, 3.05) is 6.54 Å². The van der Waals surface area contributed by atoms with E-state index >= 15 is 0 Å². The number of hydrogen-bond donors (Lipinski definition) is 1. The molecule has 0 radical (unpaired) electrons. The maximum atomic E-state index is 11.3. The molecule has 0 unspecified atom stereocenters. The van der Waals surface area contributed by atoms with Crippen molar-refractivity contribution in [3.8, 4) is 0 Å². The topological polar surface area (TPSA) is 40.5 Å². The van der Waals surface area contributed by atoms with Crippen molar-refractivity contribution < 1.29 is 9.90 Å². The van der Waals surface area contributed by atoms with Gasteiger partial charge in [-0.1, -0.05) is 60.7 Å². The van der Waals surface area contributed by atoms with Crippen LogP contribution in [0.5, 0.6) is 0 Å². The molecule has 3 saturated carbocycles. The molecule has 1 N–H and O–H groups in total. The van der Waals surface area contributed by atoms with Crippen LogP contribution in [0.1, 0.15) is 30.4 Å². The number of nitrogens with zero attached hydrogens (tertiary/aromatic N) is 1. The molecule has 2 aromatic rings. The number of rotatable bonds is 7. The second kappa shape index (κ2) is 6.81. The minimum Gasteiger partial charge on any atom is -0.481 e. The summed E-state index contributed by atoms with van der Waals surface area (Å²) in [6.45, 7) is 2.82. The molecule has 3 aliphatic carbocycles. The SMILES string of the molecule is Cl.O=C(O)C12CC(CN(Cc3ccccc3)Cc3ccccc3)(C1)C2. The Balaban J connectivity index is 0.00000182. The van der Waals surface area contributed by atoms with Gasteiger partial charge in [0.05, 0.1) is 5.41 Å². The minimum absolute atomic E-state index is 0. The predicted octanol–water partition coefficient (Wildman–Crippen LogP) is 4.37. The largest absolute Gasteiger partial charge is 0.481 e. The maximum absolute atomic E-state index is 11.3. The molecular weight excluding hydrogens is 334 g/mol. The molecule has 4 heteroatoms. The van der Waals surface area contributed by atoms with E-state index in [4.69, 9.17) is 0 Å². The second-order valence-electron chi connectivity index (χ2n) is 7.73. The highest BCUT2D eigenvalue weighted by atomic mass is 35.5. The molecule has 3 fully saturated rings. The number of benzene rings is 2. The van der Waals surface area contributed by atoms with E-state index in [1.54, 1.807) is 0 Å². The van der Waals surface area contributed by atoms with E-state index in [0.717, 1.165) is 38.9 Å². The summed E-state index contributed by atoms with van der Waals surface area (Å²) in [7, 11) is 0. The van der Waals surface area contributed by atoms with Gasteiger partial charge in [-0.05, 0) is 35.8 Å². The fraction of sp³-hybridized carbons (Fsp3) is 0.381. The first-order valence-electron chi connectivity index (χ1n) is 8.63. The standard InChI is InChI=1S/C21H23NO2.ClH/c23-19(24)21-13-20(14-21,15-21)16-22(11-17-7-3-1-4-8-17)12-18-9-5-2-6-10-18;/h1-10H,11-16H2,(H,23,24);1H. The Labute approximate surface area is 155 Å². The van der Waals surface area contributed by atoms with E-state index in [9.17, 15) is 9.90 Å². The highest BCUT2D eigenvalue weighted by Crippen LogP contribution is 2.73. The summed E-state index contributed by atoms with van der Waals surface area (Å²) in [6, 6.07) is 21.1. The highest BCUT2D eigenvalue weighted by molar-refractivity contribution is 5.85. The van der Waals surface area contributed by atoms with Gasteiger partial charge in [0, 0.05) is 19.6 Å². The van der Waals surface area contributed by atoms with Crippen LogP contribution in [-0.4, -0.2) is 22.5 Å². The molecule has 0 saturated heterocycles. The van der Waals surface area contributed by atoms with E-state index in [1.165, 1.54) is 11.1 Å². The Kier molecular flexibility index (Phi) is 4.90. The van der Waals surface area contributed by atoms with Crippen LogP contribution in [0.4, 0.5) is 0 Å². The van der Waals surface area contributed by atoms with E-state index in [0.29, 0.717) is 0 Å². The Morgan fingerprint density at radius 1 is 0.880 bits per heavy atom. The van der Waals surface area contributed by atoms with Crippen molar-refractivity contribution in [3.05, 3.63) is 71.8 Å².